The predicted molar refractivity (Wildman–Crippen MR) is 97.2 cm³/mol. The number of benzene rings is 1. The van der Waals surface area contributed by atoms with Crippen LogP contribution in [0.2, 0.25) is 0 Å². The predicted octanol–water partition coefficient (Wildman–Crippen LogP) is 2.78. The zero-order valence-electron chi connectivity index (χ0n) is 14.7. The largest absolute Gasteiger partial charge is 0.339 e. The van der Waals surface area contributed by atoms with Crippen LogP contribution in [0.15, 0.2) is 42.7 Å². The van der Waals surface area contributed by atoms with Gasteiger partial charge in [0.2, 0.25) is 0 Å². The molecule has 0 radical (unpaired) electrons. The topological polar surface area (TPSA) is 41.4 Å². The maximum atomic E-state index is 12.4. The molecule has 2 fully saturated rings. The Kier molecular flexibility index (Phi) is 4.83. The van der Waals surface area contributed by atoms with Gasteiger partial charge in [0, 0.05) is 43.6 Å². The van der Waals surface area contributed by atoms with Gasteiger partial charge in [-0.25, -0.2) is 0 Å². The number of nitrogens with zero attached hydrogens (tertiary/aromatic N) is 4. The van der Waals surface area contributed by atoms with Crippen LogP contribution in [0, 0.1) is 0 Å². The average Bonchev–Trinajstić information content (AvgIpc) is 3.39. The highest BCUT2D eigenvalue weighted by atomic mass is 16.2. The van der Waals surface area contributed by atoms with Gasteiger partial charge in [0.15, 0.2) is 0 Å². The van der Waals surface area contributed by atoms with E-state index in [-0.39, 0.29) is 5.91 Å². The van der Waals surface area contributed by atoms with Crippen molar-refractivity contribution in [1.82, 2.24) is 19.6 Å². The third kappa shape index (κ3) is 3.76. The summed E-state index contributed by atoms with van der Waals surface area (Å²) in [6.45, 7) is 4.86. The van der Waals surface area contributed by atoms with Crippen molar-refractivity contribution in [2.24, 2.45) is 0 Å². The monoisotopic (exact) mass is 338 g/mol. The Labute approximate surface area is 149 Å². The molecule has 0 saturated carbocycles. The van der Waals surface area contributed by atoms with Crippen molar-refractivity contribution >= 4 is 5.91 Å². The quantitative estimate of drug-likeness (QED) is 0.842. The van der Waals surface area contributed by atoms with Gasteiger partial charge in [0.1, 0.15) is 0 Å². The molecule has 3 heterocycles. The van der Waals surface area contributed by atoms with Gasteiger partial charge in [0.05, 0.1) is 6.54 Å². The zero-order chi connectivity index (χ0) is 17.1. The summed E-state index contributed by atoms with van der Waals surface area (Å²) in [5.74, 6) is 0.182. The van der Waals surface area contributed by atoms with Crippen LogP contribution in [0.1, 0.15) is 41.6 Å². The lowest BCUT2D eigenvalue weighted by atomic mass is 10.1. The van der Waals surface area contributed by atoms with E-state index in [0.717, 1.165) is 51.1 Å². The van der Waals surface area contributed by atoms with Gasteiger partial charge >= 0.3 is 0 Å². The Morgan fingerprint density at radius 3 is 2.60 bits per heavy atom. The summed E-state index contributed by atoms with van der Waals surface area (Å²) in [7, 11) is 0. The van der Waals surface area contributed by atoms with Crippen molar-refractivity contribution in [1.29, 1.82) is 0 Å². The van der Waals surface area contributed by atoms with Crippen LogP contribution in [0.25, 0.3) is 0 Å². The molecule has 4 rings (SSSR count). The minimum Gasteiger partial charge on any atom is -0.339 e. The second-order valence-electron chi connectivity index (χ2n) is 7.19. The van der Waals surface area contributed by atoms with Crippen LogP contribution in [0.3, 0.4) is 0 Å². The molecule has 1 aromatic carbocycles. The molecule has 25 heavy (non-hydrogen) atoms. The molecule has 132 valence electrons. The molecular weight excluding hydrogens is 312 g/mol. The fourth-order valence-electron chi connectivity index (χ4n) is 4.02. The summed E-state index contributed by atoms with van der Waals surface area (Å²) in [6, 6.07) is 10.8. The fraction of sp³-hybridized carbons (Fsp3) is 0.500. The molecule has 0 unspecified atom stereocenters. The molecule has 2 aromatic rings. The van der Waals surface area contributed by atoms with E-state index < -0.39 is 0 Å². The van der Waals surface area contributed by atoms with Crippen molar-refractivity contribution < 1.29 is 4.79 Å². The summed E-state index contributed by atoms with van der Waals surface area (Å²) in [4.78, 5) is 16.9. The van der Waals surface area contributed by atoms with Crippen LogP contribution in [-0.4, -0.2) is 51.2 Å². The Morgan fingerprint density at radius 2 is 1.88 bits per heavy atom. The smallest absolute Gasteiger partial charge is 0.253 e. The minimum absolute atomic E-state index is 0.182. The van der Waals surface area contributed by atoms with Crippen molar-refractivity contribution in [3.63, 3.8) is 0 Å². The van der Waals surface area contributed by atoms with E-state index in [4.69, 9.17) is 0 Å². The number of amides is 1. The SMILES string of the molecule is O=C(c1ccc(CN2CCC[C@H]2Cn2cccn2)cc1)N1CCCC1. The molecule has 1 aromatic heterocycles. The van der Waals surface area contributed by atoms with E-state index in [0.29, 0.717) is 6.04 Å². The molecule has 0 N–H and O–H groups in total. The number of hydrogen-bond acceptors (Lipinski definition) is 3. The number of carbonyl (C=O) groups is 1. The van der Waals surface area contributed by atoms with Crippen molar-refractivity contribution in [3.8, 4) is 0 Å². The van der Waals surface area contributed by atoms with Crippen LogP contribution < -0.4 is 0 Å². The van der Waals surface area contributed by atoms with Gasteiger partial charge in [-0.15, -0.1) is 0 Å². The molecule has 0 bridgehead atoms. The molecule has 5 heteroatoms. The molecule has 0 spiro atoms. The zero-order valence-corrected chi connectivity index (χ0v) is 14.7. The summed E-state index contributed by atoms with van der Waals surface area (Å²) >= 11 is 0. The van der Waals surface area contributed by atoms with E-state index in [1.807, 2.05) is 40.2 Å². The Morgan fingerprint density at radius 1 is 1.08 bits per heavy atom. The van der Waals surface area contributed by atoms with E-state index in [1.54, 1.807) is 0 Å². The van der Waals surface area contributed by atoms with Crippen molar-refractivity contribution in [2.75, 3.05) is 19.6 Å². The second kappa shape index (κ2) is 7.40. The molecule has 2 saturated heterocycles. The highest BCUT2D eigenvalue weighted by Crippen LogP contribution is 2.22. The summed E-state index contributed by atoms with van der Waals surface area (Å²) in [5, 5.41) is 4.34. The lowest BCUT2D eigenvalue weighted by Crippen LogP contribution is -2.32. The van der Waals surface area contributed by atoms with Gasteiger partial charge < -0.3 is 4.90 Å². The Balaban J connectivity index is 1.37. The first-order valence-electron chi connectivity index (χ1n) is 9.39. The number of likely N-dealkylation sites (tertiary alicyclic amines) is 2. The van der Waals surface area contributed by atoms with Gasteiger partial charge in [-0.2, -0.15) is 5.10 Å². The molecule has 1 atom stereocenters. The maximum absolute atomic E-state index is 12.4. The highest BCUT2D eigenvalue weighted by Gasteiger charge is 2.25. The lowest BCUT2D eigenvalue weighted by Gasteiger charge is -2.24. The molecule has 0 aliphatic carbocycles. The maximum Gasteiger partial charge on any atom is 0.253 e. The van der Waals surface area contributed by atoms with Crippen LogP contribution in [0.5, 0.6) is 0 Å². The summed E-state index contributed by atoms with van der Waals surface area (Å²) in [5.41, 5.74) is 2.10. The number of hydrogen-bond donors (Lipinski definition) is 0. The highest BCUT2D eigenvalue weighted by molar-refractivity contribution is 5.94. The van der Waals surface area contributed by atoms with E-state index >= 15 is 0 Å². The first-order valence-corrected chi connectivity index (χ1v) is 9.39. The third-order valence-corrected chi connectivity index (χ3v) is 5.44. The fourth-order valence-corrected chi connectivity index (χ4v) is 4.02. The molecule has 5 nitrogen and oxygen atoms in total. The van der Waals surface area contributed by atoms with Gasteiger partial charge in [-0.3, -0.25) is 14.4 Å². The standard InChI is InChI=1S/C20H26N4O/c25-20(22-11-1-2-12-22)18-8-6-17(7-9-18)15-23-13-3-5-19(23)16-24-14-4-10-21-24/h4,6-10,14,19H,1-3,5,11-13,15-16H2/t19-/m0/s1. The van der Waals surface area contributed by atoms with Crippen LogP contribution in [0.4, 0.5) is 0 Å². The van der Waals surface area contributed by atoms with Gasteiger partial charge in [-0.1, -0.05) is 12.1 Å². The molecule has 2 aliphatic heterocycles. The third-order valence-electron chi connectivity index (χ3n) is 5.44. The van der Waals surface area contributed by atoms with Crippen LogP contribution in [-0.2, 0) is 13.1 Å². The molecule has 1 amide bonds. The first-order chi connectivity index (χ1) is 12.3. The Hall–Kier alpha value is -2.14. The molecular formula is C20H26N4O. The minimum atomic E-state index is 0.182. The number of aromatic nitrogens is 2. The van der Waals surface area contributed by atoms with E-state index in [2.05, 4.69) is 22.1 Å². The lowest BCUT2D eigenvalue weighted by molar-refractivity contribution is 0.0793. The Bertz CT molecular complexity index is 689. The summed E-state index contributed by atoms with van der Waals surface area (Å²) in [6.07, 6.45) is 8.63. The normalized spacial score (nSPS) is 21.1. The molecule has 2 aliphatic rings. The van der Waals surface area contributed by atoms with E-state index in [9.17, 15) is 4.79 Å². The average molecular weight is 338 g/mol. The number of carbonyl (C=O) groups excluding carboxylic acids is 1. The van der Waals surface area contributed by atoms with Crippen molar-refractivity contribution in [3.05, 3.63) is 53.9 Å². The number of rotatable bonds is 5. The first kappa shape index (κ1) is 16.3. The van der Waals surface area contributed by atoms with Gasteiger partial charge in [0.25, 0.3) is 5.91 Å². The van der Waals surface area contributed by atoms with E-state index in [1.165, 1.54) is 18.4 Å². The summed E-state index contributed by atoms with van der Waals surface area (Å²) < 4.78 is 2.03. The second-order valence-corrected chi connectivity index (χ2v) is 7.19. The van der Waals surface area contributed by atoms with Crippen LogP contribution >= 0.6 is 0 Å². The van der Waals surface area contributed by atoms with Gasteiger partial charge in [-0.05, 0) is 56.0 Å². The van der Waals surface area contributed by atoms with Crippen molar-refractivity contribution in [2.45, 2.75) is 44.8 Å².